The zero-order chi connectivity index (χ0) is 10.4. The van der Waals surface area contributed by atoms with E-state index in [1.807, 2.05) is 0 Å². The molecule has 2 rings (SSSR count). The zero-order valence-corrected chi connectivity index (χ0v) is 11.8. The van der Waals surface area contributed by atoms with Gasteiger partial charge in [-0.25, -0.2) is 0 Å². The summed E-state index contributed by atoms with van der Waals surface area (Å²) >= 11 is 4.27. The van der Waals surface area contributed by atoms with Crippen molar-refractivity contribution in [2.75, 3.05) is 12.3 Å². The van der Waals surface area contributed by atoms with Gasteiger partial charge in [0.25, 0.3) is 0 Å². The van der Waals surface area contributed by atoms with Gasteiger partial charge in [0, 0.05) is 18.3 Å². The summed E-state index contributed by atoms with van der Waals surface area (Å²) in [5, 5.41) is 3.68. The summed E-state index contributed by atoms with van der Waals surface area (Å²) in [6.07, 6.45) is 4.24. The normalized spacial score (nSPS) is 41.6. The number of thiol groups is 1. The predicted molar refractivity (Wildman–Crippen MR) is 72.1 cm³/mol. The van der Waals surface area contributed by atoms with E-state index in [4.69, 9.17) is 0 Å². The molecule has 2 saturated carbocycles. The van der Waals surface area contributed by atoms with Crippen molar-refractivity contribution in [1.82, 2.24) is 5.32 Å². The van der Waals surface area contributed by atoms with Crippen molar-refractivity contribution in [3.05, 3.63) is 0 Å². The highest BCUT2D eigenvalue weighted by molar-refractivity contribution is 7.80. The van der Waals surface area contributed by atoms with E-state index >= 15 is 0 Å². The smallest absolute Gasteiger partial charge is 0.0129 e. The van der Waals surface area contributed by atoms with Crippen molar-refractivity contribution in [3.8, 4) is 0 Å². The molecule has 0 spiro atoms. The summed E-state index contributed by atoms with van der Waals surface area (Å²) in [7, 11) is 0. The van der Waals surface area contributed by atoms with Gasteiger partial charge in [-0.2, -0.15) is 12.6 Å². The highest BCUT2D eigenvalue weighted by Crippen LogP contribution is 2.65. The van der Waals surface area contributed by atoms with Gasteiger partial charge in [-0.05, 0) is 36.0 Å². The number of fused-ring (bicyclic) bond motifs is 2. The van der Waals surface area contributed by atoms with Gasteiger partial charge in [0.1, 0.15) is 0 Å². The number of rotatable bonds is 3. The van der Waals surface area contributed by atoms with E-state index in [0.29, 0.717) is 10.8 Å². The molecule has 15 heavy (non-hydrogen) atoms. The van der Waals surface area contributed by atoms with Gasteiger partial charge in [0.15, 0.2) is 0 Å². The molecule has 1 nitrogen and oxygen atoms in total. The van der Waals surface area contributed by atoms with Crippen molar-refractivity contribution in [1.29, 1.82) is 0 Å². The molecule has 2 aliphatic carbocycles. The van der Waals surface area contributed by atoms with Crippen LogP contribution in [-0.2, 0) is 0 Å². The molecular weight excluding hydrogens is 226 g/mol. The lowest BCUT2D eigenvalue weighted by Crippen LogP contribution is -2.45. The van der Waals surface area contributed by atoms with Crippen LogP contribution in [0, 0.1) is 16.7 Å². The minimum absolute atomic E-state index is 0. The highest BCUT2D eigenvalue weighted by Gasteiger charge is 2.60. The average Bonchev–Trinajstić information content (AvgIpc) is 2.46. The number of halogens is 1. The number of hydrogen-bond acceptors (Lipinski definition) is 2. The molecule has 0 heterocycles. The minimum Gasteiger partial charge on any atom is -0.313 e. The first kappa shape index (κ1) is 13.7. The minimum atomic E-state index is 0. The first-order valence-corrected chi connectivity index (χ1v) is 6.50. The maximum atomic E-state index is 4.27. The van der Waals surface area contributed by atoms with Crippen LogP contribution < -0.4 is 5.32 Å². The zero-order valence-electron chi connectivity index (χ0n) is 10.0. The summed E-state index contributed by atoms with van der Waals surface area (Å²) in [6.45, 7) is 8.47. The van der Waals surface area contributed by atoms with Crippen LogP contribution in [0.2, 0.25) is 0 Å². The van der Waals surface area contributed by atoms with E-state index < -0.39 is 0 Å². The van der Waals surface area contributed by atoms with Crippen LogP contribution in [-0.4, -0.2) is 18.3 Å². The van der Waals surface area contributed by atoms with E-state index in [9.17, 15) is 0 Å². The summed E-state index contributed by atoms with van der Waals surface area (Å²) < 4.78 is 0. The maximum Gasteiger partial charge on any atom is 0.0129 e. The monoisotopic (exact) mass is 249 g/mol. The Kier molecular flexibility index (Phi) is 4.06. The van der Waals surface area contributed by atoms with Crippen LogP contribution in [0.15, 0.2) is 0 Å². The molecular formula is C12H24ClNS. The Bertz CT molecular complexity index is 232. The number of nitrogens with one attached hydrogen (secondary N) is 1. The van der Waals surface area contributed by atoms with Crippen molar-refractivity contribution < 1.29 is 0 Å². The van der Waals surface area contributed by atoms with E-state index in [-0.39, 0.29) is 12.4 Å². The van der Waals surface area contributed by atoms with Crippen molar-refractivity contribution >= 4 is 25.0 Å². The van der Waals surface area contributed by atoms with Gasteiger partial charge in [0.2, 0.25) is 0 Å². The molecule has 3 unspecified atom stereocenters. The van der Waals surface area contributed by atoms with Gasteiger partial charge in [-0.15, -0.1) is 12.4 Å². The van der Waals surface area contributed by atoms with Gasteiger partial charge >= 0.3 is 0 Å². The van der Waals surface area contributed by atoms with E-state index in [0.717, 1.165) is 24.3 Å². The summed E-state index contributed by atoms with van der Waals surface area (Å²) in [4.78, 5) is 0. The largest absolute Gasteiger partial charge is 0.313 e. The molecule has 0 aromatic rings. The molecule has 0 amide bonds. The topological polar surface area (TPSA) is 12.0 Å². The predicted octanol–water partition coefficient (Wildman–Crippen LogP) is 3.14. The number of hydrogen-bond donors (Lipinski definition) is 2. The fraction of sp³-hybridized carbons (Fsp3) is 1.00. The molecule has 0 aliphatic heterocycles. The molecule has 0 aromatic carbocycles. The summed E-state index contributed by atoms with van der Waals surface area (Å²) in [5.74, 6) is 1.91. The second-order valence-electron chi connectivity index (χ2n) is 5.84. The van der Waals surface area contributed by atoms with E-state index in [1.54, 1.807) is 0 Å². The second kappa shape index (κ2) is 4.46. The Hall–Kier alpha value is 0.600. The SMILES string of the molecule is CC1(C)C2CCC1(C)C(NCCS)C2.Cl. The van der Waals surface area contributed by atoms with Crippen molar-refractivity contribution in [2.45, 2.75) is 46.1 Å². The first-order valence-electron chi connectivity index (χ1n) is 5.86. The van der Waals surface area contributed by atoms with E-state index in [1.165, 1.54) is 19.3 Å². The first-order chi connectivity index (χ1) is 6.52. The molecule has 1 N–H and O–H groups in total. The fourth-order valence-corrected chi connectivity index (χ4v) is 3.88. The van der Waals surface area contributed by atoms with Crippen LogP contribution in [0.1, 0.15) is 40.0 Å². The maximum absolute atomic E-state index is 4.27. The summed E-state index contributed by atoms with van der Waals surface area (Å²) in [5.41, 5.74) is 1.07. The Labute approximate surface area is 106 Å². The third kappa shape index (κ3) is 1.83. The van der Waals surface area contributed by atoms with E-state index in [2.05, 4.69) is 38.7 Å². The summed E-state index contributed by atoms with van der Waals surface area (Å²) in [6, 6.07) is 0.739. The highest BCUT2D eigenvalue weighted by atomic mass is 35.5. The van der Waals surface area contributed by atoms with Gasteiger partial charge in [-0.1, -0.05) is 20.8 Å². The third-order valence-electron chi connectivity index (χ3n) is 5.30. The second-order valence-corrected chi connectivity index (χ2v) is 6.29. The standard InChI is InChI=1S/C12H23NS.ClH/c1-11(2)9-4-5-12(11,3)10(8-9)13-6-7-14;/h9-10,13-14H,4-8H2,1-3H3;1H. The molecule has 2 aliphatic rings. The van der Waals surface area contributed by atoms with Crippen LogP contribution >= 0.6 is 25.0 Å². The lowest BCUT2D eigenvalue weighted by atomic mass is 9.69. The van der Waals surface area contributed by atoms with Gasteiger partial charge < -0.3 is 5.32 Å². The molecule has 0 saturated heterocycles. The fourth-order valence-electron chi connectivity index (χ4n) is 3.75. The lowest BCUT2D eigenvalue weighted by Gasteiger charge is -2.39. The molecule has 3 atom stereocenters. The Morgan fingerprint density at radius 3 is 2.40 bits per heavy atom. The molecule has 3 heteroatoms. The molecule has 0 aromatic heterocycles. The average molecular weight is 250 g/mol. The van der Waals surface area contributed by atoms with Crippen LogP contribution in [0.25, 0.3) is 0 Å². The van der Waals surface area contributed by atoms with Gasteiger partial charge in [-0.3, -0.25) is 0 Å². The van der Waals surface area contributed by atoms with Crippen molar-refractivity contribution in [2.24, 2.45) is 16.7 Å². The van der Waals surface area contributed by atoms with Gasteiger partial charge in [0.05, 0.1) is 0 Å². The van der Waals surface area contributed by atoms with Crippen LogP contribution in [0.3, 0.4) is 0 Å². The molecule has 90 valence electrons. The molecule has 2 fully saturated rings. The van der Waals surface area contributed by atoms with Crippen LogP contribution in [0.5, 0.6) is 0 Å². The Morgan fingerprint density at radius 1 is 1.33 bits per heavy atom. The Balaban J connectivity index is 0.00000112. The molecule has 0 radical (unpaired) electrons. The third-order valence-corrected chi connectivity index (χ3v) is 5.52. The Morgan fingerprint density at radius 2 is 2.00 bits per heavy atom. The van der Waals surface area contributed by atoms with Crippen LogP contribution in [0.4, 0.5) is 0 Å². The molecule has 2 bridgehead atoms. The lowest BCUT2D eigenvalue weighted by molar-refractivity contribution is 0.122. The quantitative estimate of drug-likeness (QED) is 0.733. The van der Waals surface area contributed by atoms with Crippen molar-refractivity contribution in [3.63, 3.8) is 0 Å².